The van der Waals surface area contributed by atoms with E-state index in [0.717, 1.165) is 23.6 Å². The van der Waals surface area contributed by atoms with Crippen molar-refractivity contribution in [2.75, 3.05) is 11.1 Å². The average Bonchev–Trinajstić information content (AvgIpc) is 2.82. The topological polar surface area (TPSA) is 29.3 Å². The molecule has 4 heteroatoms. The summed E-state index contributed by atoms with van der Waals surface area (Å²) in [7, 11) is 0. The summed E-state index contributed by atoms with van der Waals surface area (Å²) in [5, 5.41) is 3.55. The molecule has 0 radical (unpaired) electrons. The second kappa shape index (κ2) is 6.22. The summed E-state index contributed by atoms with van der Waals surface area (Å²) in [6, 6.07) is 14.6. The molecule has 3 nitrogen and oxygen atoms in total. The van der Waals surface area contributed by atoms with Gasteiger partial charge in [-0.2, -0.15) is 0 Å². The summed E-state index contributed by atoms with van der Waals surface area (Å²) in [6.45, 7) is 5.02. The number of pyridine rings is 1. The van der Waals surface area contributed by atoms with Gasteiger partial charge in [0, 0.05) is 16.8 Å². The van der Waals surface area contributed by atoms with Crippen LogP contribution in [0.15, 0.2) is 53.6 Å². The van der Waals surface area contributed by atoms with Gasteiger partial charge < -0.3 is 9.72 Å². The Labute approximate surface area is 129 Å². The van der Waals surface area contributed by atoms with E-state index >= 15 is 0 Å². The molecule has 108 valence electrons. The standard InChI is InChI=1S/C17H19N3S/c1-3-21-16-9-5-4-8-14(16)18-12-15-13(2)19-17-10-6-7-11-20(15)17/h4-11,18H,3,12H2,1-2H3. The van der Waals surface area contributed by atoms with Gasteiger partial charge in [-0.05, 0) is 36.9 Å². The van der Waals surface area contributed by atoms with E-state index in [0.29, 0.717) is 0 Å². The molecule has 1 aromatic carbocycles. The summed E-state index contributed by atoms with van der Waals surface area (Å²) < 4.78 is 2.15. The number of fused-ring (bicyclic) bond motifs is 1. The number of benzene rings is 1. The van der Waals surface area contributed by atoms with Crippen molar-refractivity contribution < 1.29 is 0 Å². The predicted octanol–water partition coefficient (Wildman–Crippen LogP) is 4.37. The van der Waals surface area contributed by atoms with Gasteiger partial charge in [0.25, 0.3) is 0 Å². The molecular weight excluding hydrogens is 278 g/mol. The molecule has 0 aliphatic heterocycles. The summed E-state index contributed by atoms with van der Waals surface area (Å²) in [5.41, 5.74) is 4.48. The number of hydrogen-bond acceptors (Lipinski definition) is 3. The zero-order valence-electron chi connectivity index (χ0n) is 12.3. The van der Waals surface area contributed by atoms with Crippen LogP contribution < -0.4 is 5.32 Å². The highest BCUT2D eigenvalue weighted by Crippen LogP contribution is 2.27. The maximum atomic E-state index is 4.60. The van der Waals surface area contributed by atoms with Crippen LogP contribution in [0.3, 0.4) is 0 Å². The molecule has 2 heterocycles. The number of nitrogens with one attached hydrogen (secondary N) is 1. The molecule has 2 aromatic heterocycles. The molecule has 0 aliphatic carbocycles. The Morgan fingerprint density at radius 3 is 2.81 bits per heavy atom. The molecule has 0 atom stereocenters. The van der Waals surface area contributed by atoms with Gasteiger partial charge in [-0.25, -0.2) is 4.98 Å². The molecule has 0 amide bonds. The van der Waals surface area contributed by atoms with Gasteiger partial charge in [0.1, 0.15) is 5.65 Å². The van der Waals surface area contributed by atoms with E-state index in [1.54, 1.807) is 0 Å². The van der Waals surface area contributed by atoms with Gasteiger partial charge in [0.15, 0.2) is 0 Å². The minimum atomic E-state index is 0.776. The Morgan fingerprint density at radius 2 is 1.95 bits per heavy atom. The number of thioether (sulfide) groups is 1. The van der Waals surface area contributed by atoms with Crippen LogP contribution in [0.1, 0.15) is 18.3 Å². The van der Waals surface area contributed by atoms with Gasteiger partial charge in [-0.3, -0.25) is 0 Å². The lowest BCUT2D eigenvalue weighted by atomic mass is 10.3. The quantitative estimate of drug-likeness (QED) is 0.709. The third kappa shape index (κ3) is 2.90. The molecule has 0 bridgehead atoms. The van der Waals surface area contributed by atoms with Gasteiger partial charge >= 0.3 is 0 Å². The van der Waals surface area contributed by atoms with Crippen LogP contribution in [0.2, 0.25) is 0 Å². The van der Waals surface area contributed by atoms with E-state index in [1.807, 2.05) is 30.0 Å². The van der Waals surface area contributed by atoms with Crippen LogP contribution in [0.5, 0.6) is 0 Å². The zero-order valence-corrected chi connectivity index (χ0v) is 13.2. The largest absolute Gasteiger partial charge is 0.378 e. The highest BCUT2D eigenvalue weighted by Gasteiger charge is 2.08. The van der Waals surface area contributed by atoms with Crippen molar-refractivity contribution in [3.8, 4) is 0 Å². The first kappa shape index (κ1) is 14.0. The smallest absolute Gasteiger partial charge is 0.137 e. The van der Waals surface area contributed by atoms with Crippen LogP contribution in [-0.4, -0.2) is 15.1 Å². The first-order valence-corrected chi connectivity index (χ1v) is 8.16. The van der Waals surface area contributed by atoms with Crippen molar-refractivity contribution in [2.24, 2.45) is 0 Å². The number of imidazole rings is 1. The Hall–Kier alpha value is -1.94. The molecule has 0 fully saturated rings. The number of nitrogens with zero attached hydrogens (tertiary/aromatic N) is 2. The highest BCUT2D eigenvalue weighted by molar-refractivity contribution is 7.99. The Balaban J connectivity index is 1.85. The van der Waals surface area contributed by atoms with Crippen LogP contribution in [0.4, 0.5) is 5.69 Å². The third-order valence-electron chi connectivity index (χ3n) is 3.46. The third-order valence-corrected chi connectivity index (χ3v) is 4.42. The van der Waals surface area contributed by atoms with Gasteiger partial charge in [0.2, 0.25) is 0 Å². The van der Waals surface area contributed by atoms with Crippen molar-refractivity contribution in [1.82, 2.24) is 9.38 Å². The lowest BCUT2D eigenvalue weighted by Crippen LogP contribution is -2.04. The van der Waals surface area contributed by atoms with Crippen molar-refractivity contribution >= 4 is 23.1 Å². The van der Waals surface area contributed by atoms with Crippen LogP contribution >= 0.6 is 11.8 Å². The SMILES string of the molecule is CCSc1ccccc1NCc1c(C)nc2ccccn12. The molecule has 0 saturated carbocycles. The Morgan fingerprint density at radius 1 is 1.14 bits per heavy atom. The fourth-order valence-electron chi connectivity index (χ4n) is 2.45. The van der Waals surface area contributed by atoms with E-state index in [9.17, 15) is 0 Å². The fraction of sp³-hybridized carbons (Fsp3) is 0.235. The van der Waals surface area contributed by atoms with Crippen molar-refractivity contribution in [1.29, 1.82) is 0 Å². The molecule has 3 rings (SSSR count). The van der Waals surface area contributed by atoms with Crippen LogP contribution in [-0.2, 0) is 6.54 Å². The van der Waals surface area contributed by atoms with Crippen molar-refractivity contribution in [3.05, 3.63) is 60.0 Å². The van der Waals surface area contributed by atoms with E-state index in [2.05, 4.69) is 59.0 Å². The Kier molecular flexibility index (Phi) is 4.15. The minimum absolute atomic E-state index is 0.776. The zero-order chi connectivity index (χ0) is 14.7. The molecule has 0 saturated heterocycles. The van der Waals surface area contributed by atoms with Gasteiger partial charge in [-0.1, -0.05) is 25.1 Å². The molecule has 0 unspecified atom stereocenters. The monoisotopic (exact) mass is 297 g/mol. The maximum absolute atomic E-state index is 4.60. The van der Waals surface area contributed by atoms with E-state index in [1.165, 1.54) is 16.3 Å². The highest BCUT2D eigenvalue weighted by atomic mass is 32.2. The number of aryl methyl sites for hydroxylation is 1. The van der Waals surface area contributed by atoms with E-state index < -0.39 is 0 Å². The normalized spacial score (nSPS) is 11.0. The van der Waals surface area contributed by atoms with Crippen molar-refractivity contribution in [2.45, 2.75) is 25.3 Å². The van der Waals surface area contributed by atoms with Crippen molar-refractivity contribution in [3.63, 3.8) is 0 Å². The first-order valence-electron chi connectivity index (χ1n) is 7.18. The van der Waals surface area contributed by atoms with Gasteiger partial charge in [0.05, 0.1) is 17.9 Å². The maximum Gasteiger partial charge on any atom is 0.137 e. The number of rotatable bonds is 5. The van der Waals surface area contributed by atoms with Crippen LogP contribution in [0.25, 0.3) is 5.65 Å². The summed E-state index contributed by atoms with van der Waals surface area (Å²) in [5.74, 6) is 1.08. The number of aromatic nitrogens is 2. The molecule has 0 spiro atoms. The fourth-order valence-corrected chi connectivity index (χ4v) is 3.23. The molecule has 21 heavy (non-hydrogen) atoms. The Bertz CT molecular complexity index is 749. The lowest BCUT2D eigenvalue weighted by molar-refractivity contribution is 0.982. The van der Waals surface area contributed by atoms with Crippen LogP contribution in [0, 0.1) is 6.92 Å². The second-order valence-electron chi connectivity index (χ2n) is 4.86. The average molecular weight is 297 g/mol. The van der Waals surface area contributed by atoms with Gasteiger partial charge in [-0.15, -0.1) is 11.8 Å². The molecular formula is C17H19N3S. The van der Waals surface area contributed by atoms with E-state index in [-0.39, 0.29) is 0 Å². The predicted molar refractivity (Wildman–Crippen MR) is 90.1 cm³/mol. The minimum Gasteiger partial charge on any atom is -0.378 e. The summed E-state index contributed by atoms with van der Waals surface area (Å²) >= 11 is 1.86. The number of anilines is 1. The summed E-state index contributed by atoms with van der Waals surface area (Å²) in [6.07, 6.45) is 2.07. The lowest BCUT2D eigenvalue weighted by Gasteiger charge is -2.11. The first-order chi connectivity index (χ1) is 10.3. The number of para-hydroxylation sites is 1. The van der Waals surface area contributed by atoms with E-state index in [4.69, 9.17) is 0 Å². The molecule has 0 aliphatic rings. The number of hydrogen-bond donors (Lipinski definition) is 1. The summed E-state index contributed by atoms with van der Waals surface area (Å²) in [4.78, 5) is 5.90. The second-order valence-corrected chi connectivity index (χ2v) is 6.16. The molecule has 1 N–H and O–H groups in total. The molecule has 3 aromatic rings.